The highest BCUT2D eigenvalue weighted by molar-refractivity contribution is 6.50. The topological polar surface area (TPSA) is 96.4 Å². The zero-order valence-corrected chi connectivity index (χ0v) is 18.8. The van der Waals surface area contributed by atoms with E-state index in [0.29, 0.717) is 35.5 Å². The molecule has 2 aliphatic heterocycles. The average molecular weight is 450 g/mol. The molecule has 2 heterocycles. The zero-order valence-electron chi connectivity index (χ0n) is 18.8. The first-order valence-electron chi connectivity index (χ1n) is 10.8. The Labute approximate surface area is 192 Å². The monoisotopic (exact) mass is 450 g/mol. The molecule has 1 spiro atoms. The molecule has 1 fully saturated rings. The molecule has 4 rings (SSSR count). The van der Waals surface area contributed by atoms with Crippen LogP contribution in [0.1, 0.15) is 24.5 Å². The maximum atomic E-state index is 14.1. The molecule has 2 amide bonds. The normalized spacial score (nSPS) is 21.2. The quantitative estimate of drug-likeness (QED) is 0.396. The molecule has 172 valence electrons. The van der Waals surface area contributed by atoms with E-state index in [1.165, 1.54) is 19.1 Å². The summed E-state index contributed by atoms with van der Waals surface area (Å²) in [6.45, 7) is 2.50. The van der Waals surface area contributed by atoms with Gasteiger partial charge in [0.25, 0.3) is 17.6 Å². The number of anilines is 1. The number of fused-ring (bicyclic) bond motifs is 2. The van der Waals surface area contributed by atoms with Gasteiger partial charge in [-0.25, -0.2) is 0 Å². The molecule has 1 unspecified atom stereocenters. The van der Waals surface area contributed by atoms with Crippen LogP contribution in [-0.2, 0) is 24.7 Å². The van der Waals surface area contributed by atoms with Crippen LogP contribution in [0.15, 0.2) is 54.1 Å². The summed E-state index contributed by atoms with van der Waals surface area (Å²) in [4.78, 5) is 43.5. The number of carbonyl (C=O) groups is 3. The van der Waals surface area contributed by atoms with Gasteiger partial charge in [-0.05, 0) is 36.8 Å². The van der Waals surface area contributed by atoms with Crippen molar-refractivity contribution in [2.45, 2.75) is 18.9 Å². The second-order valence-electron chi connectivity index (χ2n) is 7.92. The molecular formula is C25H26N2O6. The molecule has 0 aliphatic carbocycles. The third kappa shape index (κ3) is 3.21. The van der Waals surface area contributed by atoms with Crippen LogP contribution in [0.4, 0.5) is 5.69 Å². The van der Waals surface area contributed by atoms with Crippen LogP contribution in [0.3, 0.4) is 0 Å². The molecule has 1 atom stereocenters. The Kier molecular flexibility index (Phi) is 5.95. The van der Waals surface area contributed by atoms with E-state index in [1.54, 1.807) is 53.4 Å². The van der Waals surface area contributed by atoms with Gasteiger partial charge in [-0.15, -0.1) is 0 Å². The van der Waals surface area contributed by atoms with E-state index in [2.05, 4.69) is 0 Å². The van der Waals surface area contributed by atoms with Gasteiger partial charge < -0.3 is 24.4 Å². The first kappa shape index (κ1) is 22.5. The smallest absolute Gasteiger partial charge is 0.296 e. The number of likely N-dealkylation sites (tertiary alicyclic amines) is 1. The van der Waals surface area contributed by atoms with Gasteiger partial charge in [-0.3, -0.25) is 14.4 Å². The number of methoxy groups -OCH3 is 2. The third-order valence-corrected chi connectivity index (χ3v) is 6.14. The van der Waals surface area contributed by atoms with Crippen LogP contribution in [0.5, 0.6) is 5.75 Å². The van der Waals surface area contributed by atoms with Gasteiger partial charge in [0.05, 0.1) is 25.0 Å². The van der Waals surface area contributed by atoms with Crippen LogP contribution < -0.4 is 9.64 Å². The van der Waals surface area contributed by atoms with E-state index >= 15 is 0 Å². The Bertz CT molecular complexity index is 1140. The van der Waals surface area contributed by atoms with Crippen LogP contribution in [-0.4, -0.2) is 61.5 Å². The molecule has 0 saturated carbocycles. The average Bonchev–Trinajstić information content (AvgIpc) is 3.21. The second kappa shape index (κ2) is 8.71. The second-order valence-corrected chi connectivity index (χ2v) is 7.92. The van der Waals surface area contributed by atoms with Crippen molar-refractivity contribution in [1.29, 1.82) is 0 Å². The molecule has 33 heavy (non-hydrogen) atoms. The summed E-state index contributed by atoms with van der Waals surface area (Å²) in [6, 6.07) is 13.5. The van der Waals surface area contributed by atoms with E-state index in [9.17, 15) is 19.5 Å². The van der Waals surface area contributed by atoms with E-state index in [0.717, 1.165) is 0 Å². The largest absolute Gasteiger partial charge is 0.507 e. The van der Waals surface area contributed by atoms with Gasteiger partial charge in [0, 0.05) is 31.3 Å². The molecule has 0 radical (unpaired) electrons. The number of para-hydroxylation sites is 1. The number of aliphatic hydroxyl groups is 1. The van der Waals surface area contributed by atoms with Crippen LogP contribution in [0.2, 0.25) is 0 Å². The lowest BCUT2D eigenvalue weighted by atomic mass is 9.82. The van der Waals surface area contributed by atoms with Crippen molar-refractivity contribution in [1.82, 2.24) is 4.90 Å². The number of carbonyl (C=O) groups excluding carboxylic acids is 3. The van der Waals surface area contributed by atoms with Crippen molar-refractivity contribution >= 4 is 29.0 Å². The summed E-state index contributed by atoms with van der Waals surface area (Å²) in [5.41, 5.74) is -0.574. The van der Waals surface area contributed by atoms with Crippen molar-refractivity contribution < 1.29 is 29.0 Å². The number of ketones is 1. The summed E-state index contributed by atoms with van der Waals surface area (Å²) in [5.74, 6) is -2.02. The van der Waals surface area contributed by atoms with Gasteiger partial charge in [-0.1, -0.05) is 25.1 Å². The van der Waals surface area contributed by atoms with Gasteiger partial charge in [0.15, 0.2) is 5.54 Å². The van der Waals surface area contributed by atoms with Crippen LogP contribution in [0, 0.1) is 0 Å². The highest BCUT2D eigenvalue weighted by Gasteiger charge is 2.66. The molecule has 0 aromatic heterocycles. The van der Waals surface area contributed by atoms with E-state index in [1.807, 2.05) is 6.92 Å². The number of hydrogen-bond acceptors (Lipinski definition) is 6. The Morgan fingerprint density at radius 3 is 2.33 bits per heavy atom. The molecule has 1 saturated heterocycles. The summed E-state index contributed by atoms with van der Waals surface area (Å²) < 4.78 is 10.3. The van der Waals surface area contributed by atoms with Crippen molar-refractivity contribution in [2.24, 2.45) is 0 Å². The molecular weight excluding hydrogens is 424 g/mol. The Morgan fingerprint density at radius 1 is 1.00 bits per heavy atom. The fourth-order valence-electron chi connectivity index (χ4n) is 4.69. The Hall–Kier alpha value is -3.65. The number of nitrogens with zero attached hydrogens (tertiary/aromatic N) is 2. The molecule has 8 heteroatoms. The maximum absolute atomic E-state index is 14.1. The van der Waals surface area contributed by atoms with E-state index < -0.39 is 28.9 Å². The number of benzene rings is 2. The van der Waals surface area contributed by atoms with Gasteiger partial charge in [0.1, 0.15) is 11.5 Å². The van der Waals surface area contributed by atoms with Crippen molar-refractivity contribution in [2.75, 3.05) is 38.8 Å². The lowest BCUT2D eigenvalue weighted by molar-refractivity contribution is -0.144. The first-order chi connectivity index (χ1) is 15.9. The minimum absolute atomic E-state index is 0.0144. The van der Waals surface area contributed by atoms with Crippen molar-refractivity contribution in [3.05, 3.63) is 65.2 Å². The summed E-state index contributed by atoms with van der Waals surface area (Å²) in [7, 11) is 3.00. The molecule has 1 N–H and O–H groups in total. The molecule has 2 aliphatic rings. The molecule has 2 aromatic rings. The lowest BCUT2D eigenvalue weighted by Gasteiger charge is -2.34. The minimum atomic E-state index is -1.76. The number of Topliss-reactive ketones (excluding diaryl/α,β-unsaturated/α-hetero) is 1. The van der Waals surface area contributed by atoms with Crippen LogP contribution in [0.25, 0.3) is 5.76 Å². The van der Waals surface area contributed by atoms with Crippen LogP contribution >= 0.6 is 0 Å². The number of ether oxygens (including phenoxy) is 2. The number of amides is 2. The van der Waals surface area contributed by atoms with E-state index in [4.69, 9.17) is 9.47 Å². The zero-order chi connectivity index (χ0) is 23.8. The number of aliphatic hydroxyl groups excluding tert-OH is 1. The summed E-state index contributed by atoms with van der Waals surface area (Å²) >= 11 is 0. The number of rotatable bonds is 7. The predicted octanol–water partition coefficient (Wildman–Crippen LogP) is 2.67. The summed E-state index contributed by atoms with van der Waals surface area (Å²) in [5, 5.41) is 11.3. The first-order valence-corrected chi connectivity index (χ1v) is 10.8. The lowest BCUT2D eigenvalue weighted by Crippen LogP contribution is -2.52. The fraction of sp³-hybridized carbons (Fsp3) is 0.320. The van der Waals surface area contributed by atoms with Gasteiger partial charge in [-0.2, -0.15) is 0 Å². The van der Waals surface area contributed by atoms with Crippen molar-refractivity contribution in [3.63, 3.8) is 0 Å². The molecule has 2 aromatic carbocycles. The minimum Gasteiger partial charge on any atom is -0.507 e. The molecule has 8 nitrogen and oxygen atoms in total. The van der Waals surface area contributed by atoms with Gasteiger partial charge in [0.2, 0.25) is 0 Å². The fourth-order valence-corrected chi connectivity index (χ4v) is 4.69. The Morgan fingerprint density at radius 2 is 1.70 bits per heavy atom. The maximum Gasteiger partial charge on any atom is 0.296 e. The molecule has 0 bridgehead atoms. The summed E-state index contributed by atoms with van der Waals surface area (Å²) in [6.07, 6.45) is 0.680. The highest BCUT2D eigenvalue weighted by Crippen LogP contribution is 2.53. The SMILES string of the molecule is CCCN1C(=O)C2(/C(=C(\O)c3ccc(OC)cc3)C(=O)C(=O)N2CCOC)c2ccccc21. The standard InChI is InChI=1S/C25H26N2O6/c1-4-13-26-19-8-6-5-7-18(19)25(24(26)31)20(22(29)23(30)27(25)14-15-32-2)21(28)16-9-11-17(33-3)12-10-16/h5-12,28H,4,13-15H2,1-3H3/b21-20-. The predicted molar refractivity (Wildman–Crippen MR) is 122 cm³/mol. The highest BCUT2D eigenvalue weighted by atomic mass is 16.5. The van der Waals surface area contributed by atoms with Gasteiger partial charge >= 0.3 is 0 Å². The van der Waals surface area contributed by atoms with E-state index in [-0.39, 0.29) is 18.7 Å². The Balaban J connectivity index is 2.02. The third-order valence-electron chi connectivity index (χ3n) is 6.14. The number of hydrogen-bond donors (Lipinski definition) is 1. The van der Waals surface area contributed by atoms with Crippen molar-refractivity contribution in [3.8, 4) is 5.75 Å².